The maximum Gasteiger partial charge on any atom is 0.0782 e. The molecule has 0 spiro atoms. The zero-order valence-corrected chi connectivity index (χ0v) is 24.2. The van der Waals surface area contributed by atoms with Crippen molar-refractivity contribution in [3.05, 3.63) is 182 Å². The second-order valence-electron chi connectivity index (χ2n) is 11.0. The smallest absolute Gasteiger partial charge is 0.0782 e. The summed E-state index contributed by atoms with van der Waals surface area (Å²) < 4.78 is 2.43. The molecule has 0 bridgehead atoms. The molecule has 8 rings (SSSR count). The topological polar surface area (TPSA) is 8.17 Å². The quantitative estimate of drug-likeness (QED) is 0.196. The Labute approximate surface area is 257 Å². The highest BCUT2D eigenvalue weighted by Crippen LogP contribution is 2.45. The van der Waals surface area contributed by atoms with E-state index in [2.05, 4.69) is 191 Å². The average Bonchev–Trinajstić information content (AvgIpc) is 3.46. The van der Waals surface area contributed by atoms with Crippen molar-refractivity contribution in [3.63, 3.8) is 0 Å². The molecular formula is C42H30N2. The normalized spacial score (nSPS) is 11.2. The van der Waals surface area contributed by atoms with Gasteiger partial charge in [0.1, 0.15) is 0 Å². The minimum absolute atomic E-state index is 1.11. The Morgan fingerprint density at radius 1 is 0.409 bits per heavy atom. The lowest BCUT2D eigenvalue weighted by Crippen LogP contribution is -2.11. The van der Waals surface area contributed by atoms with Crippen molar-refractivity contribution >= 4 is 38.9 Å². The zero-order valence-electron chi connectivity index (χ0n) is 24.2. The van der Waals surface area contributed by atoms with Crippen molar-refractivity contribution in [3.8, 4) is 27.9 Å². The van der Waals surface area contributed by atoms with Gasteiger partial charge in [0.25, 0.3) is 0 Å². The largest absolute Gasteiger partial charge is 0.308 e. The monoisotopic (exact) mass is 562 g/mol. The Morgan fingerprint density at radius 2 is 0.977 bits per heavy atom. The van der Waals surface area contributed by atoms with Crippen LogP contribution in [0.3, 0.4) is 0 Å². The van der Waals surface area contributed by atoms with Gasteiger partial charge in [-0.1, -0.05) is 133 Å². The zero-order chi connectivity index (χ0) is 29.3. The van der Waals surface area contributed by atoms with Crippen LogP contribution in [0.2, 0.25) is 0 Å². The van der Waals surface area contributed by atoms with Crippen molar-refractivity contribution < 1.29 is 0 Å². The fourth-order valence-electron chi connectivity index (χ4n) is 6.44. The third-order valence-corrected chi connectivity index (χ3v) is 8.36. The molecule has 0 aliphatic heterocycles. The molecule has 0 atom stereocenters. The van der Waals surface area contributed by atoms with Gasteiger partial charge in [0.2, 0.25) is 0 Å². The summed E-state index contributed by atoms with van der Waals surface area (Å²) in [5, 5.41) is 2.48. The number of para-hydroxylation sites is 3. The van der Waals surface area contributed by atoms with E-state index >= 15 is 0 Å². The molecular weight excluding hydrogens is 532 g/mol. The molecule has 0 fully saturated rings. The summed E-state index contributed by atoms with van der Waals surface area (Å²) in [6, 6.07) is 65.0. The maximum absolute atomic E-state index is 2.43. The molecule has 0 saturated heterocycles. The Balaban J connectivity index is 1.47. The van der Waals surface area contributed by atoms with Crippen LogP contribution >= 0.6 is 0 Å². The van der Waals surface area contributed by atoms with E-state index in [4.69, 9.17) is 0 Å². The van der Waals surface area contributed by atoms with E-state index in [9.17, 15) is 0 Å². The number of hydrogen-bond acceptors (Lipinski definition) is 1. The summed E-state index contributed by atoms with van der Waals surface area (Å²) in [5.74, 6) is 0. The van der Waals surface area contributed by atoms with Gasteiger partial charge < -0.3 is 9.47 Å². The van der Waals surface area contributed by atoms with Gasteiger partial charge in [0, 0.05) is 27.8 Å². The highest BCUT2D eigenvalue weighted by atomic mass is 15.2. The average molecular weight is 563 g/mol. The van der Waals surface area contributed by atoms with Crippen LogP contribution < -0.4 is 4.90 Å². The summed E-state index contributed by atoms with van der Waals surface area (Å²) in [5.41, 5.74) is 11.7. The number of hydrogen-bond donors (Lipinski definition) is 0. The molecule has 0 saturated carbocycles. The first-order chi connectivity index (χ1) is 21.9. The van der Waals surface area contributed by atoms with Crippen molar-refractivity contribution in [2.75, 3.05) is 4.90 Å². The van der Waals surface area contributed by atoms with Gasteiger partial charge in [-0.05, 0) is 70.8 Å². The van der Waals surface area contributed by atoms with Crippen LogP contribution in [-0.2, 0) is 0 Å². The molecule has 1 heterocycles. The minimum atomic E-state index is 1.11. The molecule has 1 aromatic heterocycles. The molecule has 2 heteroatoms. The first kappa shape index (κ1) is 25.8. The van der Waals surface area contributed by atoms with Crippen molar-refractivity contribution in [2.45, 2.75) is 0 Å². The van der Waals surface area contributed by atoms with E-state index in [0.29, 0.717) is 0 Å². The van der Waals surface area contributed by atoms with Gasteiger partial charge in [-0.15, -0.1) is 0 Å². The summed E-state index contributed by atoms with van der Waals surface area (Å²) in [6.45, 7) is 0. The van der Waals surface area contributed by atoms with Crippen LogP contribution in [0.15, 0.2) is 182 Å². The lowest BCUT2D eigenvalue weighted by molar-refractivity contribution is 1.17. The Bertz CT molecular complexity index is 2200. The van der Waals surface area contributed by atoms with Crippen LogP contribution in [0.4, 0.5) is 17.1 Å². The molecule has 0 amide bonds. The van der Waals surface area contributed by atoms with Crippen LogP contribution in [0, 0.1) is 0 Å². The summed E-state index contributed by atoms with van der Waals surface area (Å²) in [6.07, 6.45) is 0. The van der Waals surface area contributed by atoms with Gasteiger partial charge in [0.15, 0.2) is 0 Å². The molecule has 208 valence electrons. The van der Waals surface area contributed by atoms with Crippen LogP contribution in [-0.4, -0.2) is 4.57 Å². The van der Waals surface area contributed by atoms with E-state index < -0.39 is 0 Å². The van der Waals surface area contributed by atoms with Crippen molar-refractivity contribution in [1.82, 2.24) is 4.57 Å². The molecule has 0 aliphatic carbocycles. The predicted molar refractivity (Wildman–Crippen MR) is 186 cm³/mol. The number of aromatic nitrogens is 1. The van der Waals surface area contributed by atoms with Crippen LogP contribution in [0.1, 0.15) is 0 Å². The molecule has 0 radical (unpaired) electrons. The lowest BCUT2D eigenvalue weighted by Gasteiger charge is -2.27. The highest BCUT2D eigenvalue weighted by molar-refractivity contribution is 6.19. The van der Waals surface area contributed by atoms with E-state index in [-0.39, 0.29) is 0 Å². The van der Waals surface area contributed by atoms with Gasteiger partial charge in [-0.2, -0.15) is 0 Å². The van der Waals surface area contributed by atoms with Gasteiger partial charge in [0.05, 0.1) is 16.7 Å². The standard InChI is InChI=1S/C42H30N2/c1-5-16-31(17-6-1)33-20-13-25-36(30-33)43(34-21-9-3-10-22-34)40-29-15-27-38-41-37(32-18-7-2-8-19-32)26-14-28-39(41)44(42(38)40)35-23-11-4-12-24-35/h1-30H. The van der Waals surface area contributed by atoms with E-state index in [1.165, 1.54) is 44.1 Å². The Morgan fingerprint density at radius 3 is 1.70 bits per heavy atom. The van der Waals surface area contributed by atoms with Gasteiger partial charge in [-0.3, -0.25) is 0 Å². The molecule has 0 unspecified atom stereocenters. The first-order valence-corrected chi connectivity index (χ1v) is 15.0. The SMILES string of the molecule is c1ccc(-c2cccc(N(c3ccccc3)c3cccc4c5c(-c6ccccc6)cccc5n(-c5ccccc5)c34)c2)cc1. The molecule has 8 aromatic rings. The number of rotatable bonds is 6. The van der Waals surface area contributed by atoms with E-state index in [0.717, 1.165) is 22.7 Å². The van der Waals surface area contributed by atoms with E-state index in [1.54, 1.807) is 0 Å². The predicted octanol–water partition coefficient (Wildman–Crippen LogP) is 11.6. The molecule has 7 aromatic carbocycles. The molecule has 0 N–H and O–H groups in total. The van der Waals surface area contributed by atoms with Crippen molar-refractivity contribution in [2.24, 2.45) is 0 Å². The first-order valence-electron chi connectivity index (χ1n) is 15.0. The third kappa shape index (κ3) is 4.45. The Hall–Kier alpha value is -5.86. The Kier molecular flexibility index (Phi) is 6.51. The van der Waals surface area contributed by atoms with Crippen LogP contribution in [0.25, 0.3) is 49.7 Å². The van der Waals surface area contributed by atoms with Gasteiger partial charge >= 0.3 is 0 Å². The number of anilines is 3. The van der Waals surface area contributed by atoms with Crippen LogP contribution in [0.5, 0.6) is 0 Å². The summed E-state index contributed by atoms with van der Waals surface area (Å²) >= 11 is 0. The fraction of sp³-hybridized carbons (Fsp3) is 0. The second-order valence-corrected chi connectivity index (χ2v) is 11.0. The maximum atomic E-state index is 2.43. The number of fused-ring (bicyclic) bond motifs is 3. The van der Waals surface area contributed by atoms with Gasteiger partial charge in [-0.25, -0.2) is 0 Å². The fourth-order valence-corrected chi connectivity index (χ4v) is 6.44. The summed E-state index contributed by atoms with van der Waals surface area (Å²) in [7, 11) is 0. The van der Waals surface area contributed by atoms with Crippen molar-refractivity contribution in [1.29, 1.82) is 0 Å². The second kappa shape index (κ2) is 11.1. The summed E-state index contributed by atoms with van der Waals surface area (Å²) in [4.78, 5) is 2.40. The third-order valence-electron chi connectivity index (χ3n) is 8.36. The molecule has 2 nitrogen and oxygen atoms in total. The number of benzene rings is 7. The lowest BCUT2D eigenvalue weighted by atomic mass is 9.99. The molecule has 44 heavy (non-hydrogen) atoms. The van der Waals surface area contributed by atoms with E-state index in [1.807, 2.05) is 0 Å². The molecule has 0 aliphatic rings. The minimum Gasteiger partial charge on any atom is -0.308 e. The number of nitrogens with zero attached hydrogens (tertiary/aromatic N) is 2. The highest BCUT2D eigenvalue weighted by Gasteiger charge is 2.23.